The second-order valence-electron chi connectivity index (χ2n) is 5.90. The first-order chi connectivity index (χ1) is 9.78. The van der Waals surface area contributed by atoms with E-state index in [0.717, 1.165) is 32.0 Å². The Balaban J connectivity index is 1.68. The van der Waals surface area contributed by atoms with Crippen LogP contribution < -0.4 is 0 Å². The van der Waals surface area contributed by atoms with Gasteiger partial charge in [0.05, 0.1) is 6.07 Å². The van der Waals surface area contributed by atoms with E-state index in [2.05, 4.69) is 53.2 Å². The third kappa shape index (κ3) is 4.96. The summed E-state index contributed by atoms with van der Waals surface area (Å²) in [6, 6.07) is 12.9. The lowest BCUT2D eigenvalue weighted by Crippen LogP contribution is -2.29. The van der Waals surface area contributed by atoms with Crippen molar-refractivity contribution in [1.29, 1.82) is 5.26 Å². The van der Waals surface area contributed by atoms with E-state index in [1.807, 2.05) is 0 Å². The van der Waals surface area contributed by atoms with Gasteiger partial charge in [0.2, 0.25) is 0 Å². The van der Waals surface area contributed by atoms with Gasteiger partial charge in [-0.05, 0) is 44.5 Å². The van der Waals surface area contributed by atoms with Crippen LogP contribution in [0, 0.1) is 17.2 Å². The summed E-state index contributed by atoms with van der Waals surface area (Å²) in [6.07, 6.45) is 2.97. The van der Waals surface area contributed by atoms with E-state index >= 15 is 0 Å². The quantitative estimate of drug-likeness (QED) is 0.714. The van der Waals surface area contributed by atoms with Crippen LogP contribution in [0.25, 0.3) is 0 Å². The van der Waals surface area contributed by atoms with Crippen LogP contribution in [-0.2, 0) is 6.54 Å². The van der Waals surface area contributed by atoms with Crippen molar-refractivity contribution in [2.24, 2.45) is 5.92 Å². The lowest BCUT2D eigenvalue weighted by Gasteiger charge is -2.21. The molecule has 1 aromatic rings. The van der Waals surface area contributed by atoms with Crippen molar-refractivity contribution in [3.63, 3.8) is 0 Å². The van der Waals surface area contributed by atoms with Crippen LogP contribution in [0.15, 0.2) is 30.3 Å². The number of nitrogens with zero attached hydrogens (tertiary/aromatic N) is 3. The van der Waals surface area contributed by atoms with Crippen molar-refractivity contribution in [2.45, 2.75) is 25.8 Å². The fraction of sp³-hybridized carbons (Fsp3) is 0.588. The van der Waals surface area contributed by atoms with Crippen LogP contribution in [-0.4, -0.2) is 43.0 Å². The fourth-order valence-electron chi connectivity index (χ4n) is 3.01. The second-order valence-corrected chi connectivity index (χ2v) is 5.90. The molecule has 1 atom stereocenters. The molecule has 0 N–H and O–H groups in total. The van der Waals surface area contributed by atoms with Gasteiger partial charge >= 0.3 is 0 Å². The molecule has 1 fully saturated rings. The van der Waals surface area contributed by atoms with Gasteiger partial charge in [-0.1, -0.05) is 30.3 Å². The van der Waals surface area contributed by atoms with E-state index in [1.165, 1.54) is 25.1 Å². The summed E-state index contributed by atoms with van der Waals surface area (Å²) in [5.41, 5.74) is 1.41. The fourth-order valence-corrected chi connectivity index (χ4v) is 3.01. The summed E-state index contributed by atoms with van der Waals surface area (Å²) in [5, 5.41) is 8.56. The molecule has 0 unspecified atom stereocenters. The van der Waals surface area contributed by atoms with Crippen LogP contribution >= 0.6 is 0 Å². The minimum absolute atomic E-state index is 0.676. The molecular weight excluding hydrogens is 246 g/mol. The zero-order valence-electron chi connectivity index (χ0n) is 12.5. The maximum atomic E-state index is 8.56. The summed E-state index contributed by atoms with van der Waals surface area (Å²) >= 11 is 0. The molecule has 0 amide bonds. The summed E-state index contributed by atoms with van der Waals surface area (Å²) in [7, 11) is 2.18. The highest BCUT2D eigenvalue weighted by Crippen LogP contribution is 2.19. The van der Waals surface area contributed by atoms with Crippen LogP contribution in [0.3, 0.4) is 0 Å². The van der Waals surface area contributed by atoms with E-state index in [-0.39, 0.29) is 0 Å². The molecule has 0 saturated carbocycles. The Morgan fingerprint density at radius 3 is 2.90 bits per heavy atom. The lowest BCUT2D eigenvalue weighted by atomic mass is 10.1. The molecule has 3 heteroatoms. The number of benzene rings is 1. The molecule has 0 radical (unpaired) electrons. The van der Waals surface area contributed by atoms with Crippen molar-refractivity contribution >= 4 is 0 Å². The number of likely N-dealkylation sites (tertiary alicyclic amines) is 1. The SMILES string of the molecule is CN(CCCC#N)C[C@H]1CCN(Cc2ccccc2)C1. The number of rotatable bonds is 7. The highest BCUT2D eigenvalue weighted by atomic mass is 15.2. The first-order valence-corrected chi connectivity index (χ1v) is 7.59. The van der Waals surface area contributed by atoms with E-state index in [0.29, 0.717) is 6.42 Å². The number of hydrogen-bond acceptors (Lipinski definition) is 3. The summed E-state index contributed by atoms with van der Waals surface area (Å²) < 4.78 is 0. The average Bonchev–Trinajstić information content (AvgIpc) is 2.87. The first-order valence-electron chi connectivity index (χ1n) is 7.59. The molecule has 1 saturated heterocycles. The Bertz CT molecular complexity index is 424. The molecule has 1 heterocycles. The van der Waals surface area contributed by atoms with Crippen LogP contribution in [0.4, 0.5) is 0 Å². The predicted molar refractivity (Wildman–Crippen MR) is 82.2 cm³/mol. The molecule has 108 valence electrons. The predicted octanol–water partition coefficient (Wildman–Crippen LogP) is 2.74. The topological polar surface area (TPSA) is 30.3 Å². The zero-order chi connectivity index (χ0) is 14.2. The standard InChI is InChI=1S/C17H25N3/c1-19(11-6-5-10-18)13-17-9-12-20(15-17)14-16-7-3-2-4-8-16/h2-4,7-8,17H,5-6,9,11-15H2,1H3/t17-/m1/s1. The van der Waals surface area contributed by atoms with Crippen molar-refractivity contribution in [3.8, 4) is 6.07 Å². The summed E-state index contributed by atoms with van der Waals surface area (Å²) in [6.45, 7) is 5.71. The van der Waals surface area contributed by atoms with Crippen LogP contribution in [0.1, 0.15) is 24.8 Å². The van der Waals surface area contributed by atoms with Gasteiger partial charge in [-0.2, -0.15) is 5.26 Å². The van der Waals surface area contributed by atoms with E-state index in [4.69, 9.17) is 5.26 Å². The molecule has 0 aliphatic carbocycles. The first kappa shape index (κ1) is 15.0. The van der Waals surface area contributed by atoms with Gasteiger partial charge in [0.1, 0.15) is 0 Å². The van der Waals surface area contributed by atoms with Gasteiger partial charge in [-0.3, -0.25) is 4.90 Å². The Morgan fingerprint density at radius 2 is 2.15 bits per heavy atom. The number of unbranched alkanes of at least 4 members (excludes halogenated alkanes) is 1. The third-order valence-electron chi connectivity index (χ3n) is 4.02. The van der Waals surface area contributed by atoms with Crippen LogP contribution in [0.5, 0.6) is 0 Å². The smallest absolute Gasteiger partial charge is 0.0622 e. The van der Waals surface area contributed by atoms with Crippen LogP contribution in [0.2, 0.25) is 0 Å². The molecule has 0 aromatic heterocycles. The van der Waals surface area contributed by atoms with Crippen molar-refractivity contribution < 1.29 is 0 Å². The zero-order valence-corrected chi connectivity index (χ0v) is 12.5. The monoisotopic (exact) mass is 271 g/mol. The van der Waals surface area contributed by atoms with Gasteiger partial charge in [-0.25, -0.2) is 0 Å². The van der Waals surface area contributed by atoms with E-state index in [1.54, 1.807) is 0 Å². The Hall–Kier alpha value is -1.37. The molecular formula is C17H25N3. The molecule has 1 aliphatic heterocycles. The highest BCUT2D eigenvalue weighted by Gasteiger charge is 2.23. The molecule has 1 aliphatic rings. The largest absolute Gasteiger partial charge is 0.306 e. The normalized spacial score (nSPS) is 19.4. The molecule has 0 bridgehead atoms. The van der Waals surface area contributed by atoms with E-state index < -0.39 is 0 Å². The Labute approximate surface area is 122 Å². The molecule has 1 aromatic carbocycles. The van der Waals surface area contributed by atoms with Gasteiger partial charge in [0.15, 0.2) is 0 Å². The molecule has 0 spiro atoms. The van der Waals surface area contributed by atoms with E-state index in [9.17, 15) is 0 Å². The average molecular weight is 271 g/mol. The maximum absolute atomic E-state index is 8.56. The minimum atomic E-state index is 0.676. The second kappa shape index (κ2) is 8.04. The van der Waals surface area contributed by atoms with Crippen molar-refractivity contribution in [3.05, 3.63) is 35.9 Å². The van der Waals surface area contributed by atoms with Gasteiger partial charge in [0.25, 0.3) is 0 Å². The lowest BCUT2D eigenvalue weighted by molar-refractivity contribution is 0.258. The summed E-state index contributed by atoms with van der Waals surface area (Å²) in [4.78, 5) is 4.94. The minimum Gasteiger partial charge on any atom is -0.306 e. The highest BCUT2D eigenvalue weighted by molar-refractivity contribution is 5.14. The van der Waals surface area contributed by atoms with Gasteiger partial charge in [-0.15, -0.1) is 0 Å². The Morgan fingerprint density at radius 1 is 1.35 bits per heavy atom. The van der Waals surface area contributed by atoms with Crippen molar-refractivity contribution in [2.75, 3.05) is 33.2 Å². The Kier molecular flexibility index (Phi) is 6.04. The maximum Gasteiger partial charge on any atom is 0.0622 e. The van der Waals surface area contributed by atoms with Crippen molar-refractivity contribution in [1.82, 2.24) is 9.80 Å². The number of nitriles is 1. The third-order valence-corrected chi connectivity index (χ3v) is 4.02. The molecule has 2 rings (SSSR count). The van der Waals surface area contributed by atoms with Gasteiger partial charge < -0.3 is 4.90 Å². The number of hydrogen-bond donors (Lipinski definition) is 0. The summed E-state index contributed by atoms with van der Waals surface area (Å²) in [5.74, 6) is 0.783. The molecule has 3 nitrogen and oxygen atoms in total. The van der Waals surface area contributed by atoms with Gasteiger partial charge in [0, 0.05) is 26.1 Å². The molecule has 20 heavy (non-hydrogen) atoms.